The fourth-order valence-electron chi connectivity index (χ4n) is 3.17. The first-order chi connectivity index (χ1) is 10.9. The van der Waals surface area contributed by atoms with Crippen molar-refractivity contribution in [1.29, 1.82) is 0 Å². The summed E-state index contributed by atoms with van der Waals surface area (Å²) in [4.78, 5) is 11.9. The van der Waals surface area contributed by atoms with Crippen LogP contribution >= 0.6 is 0 Å². The molecule has 1 saturated heterocycles. The minimum absolute atomic E-state index is 0.0281. The van der Waals surface area contributed by atoms with Gasteiger partial charge in [0.1, 0.15) is 5.82 Å². The Morgan fingerprint density at radius 1 is 1.43 bits per heavy atom. The van der Waals surface area contributed by atoms with Crippen LogP contribution in [0.3, 0.4) is 0 Å². The van der Waals surface area contributed by atoms with Gasteiger partial charge in [-0.05, 0) is 43.5 Å². The van der Waals surface area contributed by atoms with Crippen molar-refractivity contribution >= 4 is 15.9 Å². The van der Waals surface area contributed by atoms with Crippen LogP contribution in [0.4, 0.5) is 4.39 Å². The van der Waals surface area contributed by atoms with E-state index in [2.05, 4.69) is 10.0 Å². The average molecular weight is 342 g/mol. The molecule has 0 unspecified atom stereocenters. The lowest BCUT2D eigenvalue weighted by atomic mass is 9.76. The number of hydrogen-bond donors (Lipinski definition) is 2. The van der Waals surface area contributed by atoms with Gasteiger partial charge in [-0.15, -0.1) is 0 Å². The molecule has 3 rings (SSSR count). The summed E-state index contributed by atoms with van der Waals surface area (Å²) in [6.45, 7) is 1.89. The maximum atomic E-state index is 13.1. The Morgan fingerprint density at radius 3 is 2.91 bits per heavy atom. The molecule has 1 heterocycles. The molecule has 8 heteroatoms. The lowest BCUT2D eigenvalue weighted by molar-refractivity contribution is -0.122. The van der Waals surface area contributed by atoms with Crippen molar-refractivity contribution in [2.45, 2.75) is 36.8 Å². The highest BCUT2D eigenvalue weighted by Crippen LogP contribution is 2.38. The SMILES string of the molecule is Cc1cc(F)ccc1S(=O)(=O)NCC(=O)N[C@@H]1C[C@H]2OCC[C@@H]12. The zero-order valence-corrected chi connectivity index (χ0v) is 13.5. The third-order valence-corrected chi connectivity index (χ3v) is 6.02. The van der Waals surface area contributed by atoms with E-state index in [0.717, 1.165) is 31.6 Å². The van der Waals surface area contributed by atoms with Gasteiger partial charge in [0.25, 0.3) is 0 Å². The van der Waals surface area contributed by atoms with Gasteiger partial charge >= 0.3 is 0 Å². The first-order valence-electron chi connectivity index (χ1n) is 7.53. The van der Waals surface area contributed by atoms with Crippen molar-refractivity contribution in [1.82, 2.24) is 10.0 Å². The molecular formula is C15H19FN2O4S. The molecule has 0 radical (unpaired) electrons. The minimum Gasteiger partial charge on any atom is -0.378 e. The van der Waals surface area contributed by atoms with Crippen molar-refractivity contribution in [3.05, 3.63) is 29.6 Å². The number of ether oxygens (including phenoxy) is 1. The normalized spacial score (nSPS) is 26.4. The molecule has 6 nitrogen and oxygen atoms in total. The third-order valence-electron chi connectivity index (χ3n) is 4.46. The van der Waals surface area contributed by atoms with E-state index in [1.165, 1.54) is 13.0 Å². The molecule has 0 spiro atoms. The highest BCUT2D eigenvalue weighted by molar-refractivity contribution is 7.89. The number of amides is 1. The summed E-state index contributed by atoms with van der Waals surface area (Å²) in [5.74, 6) is -0.531. The summed E-state index contributed by atoms with van der Waals surface area (Å²) in [5, 5.41) is 2.83. The topological polar surface area (TPSA) is 84.5 Å². The number of fused-ring (bicyclic) bond motifs is 1. The van der Waals surface area contributed by atoms with Gasteiger partial charge < -0.3 is 10.1 Å². The van der Waals surface area contributed by atoms with E-state index in [1.54, 1.807) is 0 Å². The van der Waals surface area contributed by atoms with Crippen molar-refractivity contribution in [2.75, 3.05) is 13.2 Å². The number of carbonyl (C=O) groups is 1. The molecule has 1 aromatic carbocycles. The summed E-state index contributed by atoms with van der Waals surface area (Å²) in [6, 6.07) is 3.48. The number of rotatable bonds is 5. The molecule has 1 amide bonds. The smallest absolute Gasteiger partial charge is 0.241 e. The van der Waals surface area contributed by atoms with Gasteiger partial charge in [0.2, 0.25) is 15.9 Å². The van der Waals surface area contributed by atoms with Crippen LogP contribution < -0.4 is 10.0 Å². The van der Waals surface area contributed by atoms with Gasteiger partial charge in [-0.2, -0.15) is 0 Å². The molecule has 0 bridgehead atoms. The Balaban J connectivity index is 1.55. The highest BCUT2D eigenvalue weighted by atomic mass is 32.2. The van der Waals surface area contributed by atoms with E-state index in [0.29, 0.717) is 11.5 Å². The molecular weight excluding hydrogens is 323 g/mol. The summed E-state index contributed by atoms with van der Waals surface area (Å²) < 4.78 is 45.2. The second-order valence-corrected chi connectivity index (χ2v) is 7.74. The highest BCUT2D eigenvalue weighted by Gasteiger charge is 2.45. The summed E-state index contributed by atoms with van der Waals surface area (Å²) in [6.07, 6.45) is 1.94. The van der Waals surface area contributed by atoms with Crippen LogP contribution in [0.5, 0.6) is 0 Å². The predicted molar refractivity (Wildman–Crippen MR) is 80.7 cm³/mol. The molecule has 126 valence electrons. The van der Waals surface area contributed by atoms with Crippen molar-refractivity contribution in [2.24, 2.45) is 5.92 Å². The van der Waals surface area contributed by atoms with E-state index in [9.17, 15) is 17.6 Å². The van der Waals surface area contributed by atoms with Gasteiger partial charge in [-0.1, -0.05) is 0 Å². The van der Waals surface area contributed by atoms with E-state index < -0.39 is 15.8 Å². The standard InChI is InChI=1S/C15H19FN2O4S/c1-9-6-10(16)2-3-14(9)23(20,21)17-8-15(19)18-12-7-13-11(12)4-5-22-13/h2-3,6,11-13,17H,4-5,7-8H2,1H3,(H,18,19)/t11-,12+,13+/m0/s1. The first-order valence-corrected chi connectivity index (χ1v) is 9.02. The number of nitrogens with one attached hydrogen (secondary N) is 2. The number of benzene rings is 1. The minimum atomic E-state index is -3.85. The fraction of sp³-hybridized carbons (Fsp3) is 0.533. The third kappa shape index (κ3) is 3.39. The first kappa shape index (κ1) is 16.4. The van der Waals surface area contributed by atoms with Crippen LogP contribution in [0.1, 0.15) is 18.4 Å². The number of hydrogen-bond acceptors (Lipinski definition) is 4. The Hall–Kier alpha value is -1.51. The molecule has 2 fully saturated rings. The Bertz CT molecular complexity index is 722. The summed E-state index contributed by atoms with van der Waals surface area (Å²) in [5.41, 5.74) is 0.294. The Morgan fingerprint density at radius 2 is 2.22 bits per heavy atom. The van der Waals surface area contributed by atoms with E-state index in [4.69, 9.17) is 4.74 Å². The van der Waals surface area contributed by atoms with E-state index in [-0.39, 0.29) is 29.5 Å². The van der Waals surface area contributed by atoms with Gasteiger partial charge in [-0.3, -0.25) is 4.79 Å². The average Bonchev–Trinajstić information content (AvgIpc) is 2.83. The lowest BCUT2D eigenvalue weighted by Gasteiger charge is -2.39. The summed E-state index contributed by atoms with van der Waals surface area (Å²) >= 11 is 0. The number of halogens is 1. The fourth-order valence-corrected chi connectivity index (χ4v) is 4.38. The largest absolute Gasteiger partial charge is 0.378 e. The van der Waals surface area contributed by atoms with Crippen molar-refractivity contribution in [3.63, 3.8) is 0 Å². The van der Waals surface area contributed by atoms with Gasteiger partial charge in [-0.25, -0.2) is 17.5 Å². The second kappa shape index (κ2) is 6.18. The molecule has 1 saturated carbocycles. The number of aryl methyl sites for hydroxylation is 1. The number of sulfonamides is 1. The molecule has 1 aliphatic heterocycles. The van der Waals surface area contributed by atoms with Crippen LogP contribution in [-0.4, -0.2) is 39.6 Å². The van der Waals surface area contributed by atoms with Crippen LogP contribution in [0.2, 0.25) is 0 Å². The molecule has 1 aromatic rings. The maximum Gasteiger partial charge on any atom is 0.241 e. The monoisotopic (exact) mass is 342 g/mol. The van der Waals surface area contributed by atoms with Crippen molar-refractivity contribution < 1.29 is 22.3 Å². The van der Waals surface area contributed by atoms with Crippen LogP contribution in [0.25, 0.3) is 0 Å². The molecule has 2 N–H and O–H groups in total. The van der Waals surface area contributed by atoms with Crippen LogP contribution in [-0.2, 0) is 19.6 Å². The Labute approximate surface area is 134 Å². The van der Waals surface area contributed by atoms with E-state index >= 15 is 0 Å². The zero-order valence-electron chi connectivity index (χ0n) is 12.7. The van der Waals surface area contributed by atoms with E-state index in [1.807, 2.05) is 0 Å². The zero-order chi connectivity index (χ0) is 16.6. The molecule has 23 heavy (non-hydrogen) atoms. The van der Waals surface area contributed by atoms with Crippen molar-refractivity contribution in [3.8, 4) is 0 Å². The number of carbonyl (C=O) groups excluding carboxylic acids is 1. The molecule has 0 aromatic heterocycles. The van der Waals surface area contributed by atoms with Crippen LogP contribution in [0.15, 0.2) is 23.1 Å². The molecule has 2 aliphatic rings. The van der Waals surface area contributed by atoms with Gasteiger partial charge in [0, 0.05) is 18.6 Å². The van der Waals surface area contributed by atoms with Gasteiger partial charge in [0.15, 0.2) is 0 Å². The quantitative estimate of drug-likeness (QED) is 0.825. The van der Waals surface area contributed by atoms with Crippen LogP contribution in [0, 0.1) is 18.7 Å². The summed E-state index contributed by atoms with van der Waals surface area (Å²) in [7, 11) is -3.85. The van der Waals surface area contributed by atoms with Gasteiger partial charge in [0.05, 0.1) is 17.5 Å². The maximum absolute atomic E-state index is 13.1. The molecule has 1 aliphatic carbocycles. The lowest BCUT2D eigenvalue weighted by Crippen LogP contribution is -2.55. The molecule has 3 atom stereocenters. The Kier molecular flexibility index (Phi) is 4.39. The predicted octanol–water partition coefficient (Wildman–Crippen LogP) is 0.706. The second-order valence-electron chi connectivity index (χ2n) is 6.01.